The number of hydrogen-bond acceptors (Lipinski definition) is 4. The van der Waals surface area contributed by atoms with Crippen LogP contribution in [-0.2, 0) is 11.3 Å². The summed E-state index contributed by atoms with van der Waals surface area (Å²) in [7, 11) is 0. The van der Waals surface area contributed by atoms with E-state index in [0.717, 1.165) is 29.9 Å². The maximum atomic E-state index is 12.0. The van der Waals surface area contributed by atoms with Gasteiger partial charge in [0.1, 0.15) is 11.9 Å². The Morgan fingerprint density at radius 1 is 1.43 bits per heavy atom. The van der Waals surface area contributed by atoms with Gasteiger partial charge in [-0.15, -0.1) is 0 Å². The molecule has 1 aliphatic heterocycles. The average Bonchev–Trinajstić information content (AvgIpc) is 3.22. The van der Waals surface area contributed by atoms with E-state index in [1.807, 2.05) is 41.9 Å². The third kappa shape index (κ3) is 4.46. The molecule has 1 aromatic carbocycles. The molecule has 0 bridgehead atoms. The number of carbonyl (C=O) groups excluding carboxylic acids is 1. The number of hydrogen-bond donors (Lipinski definition) is 2. The second-order valence-corrected chi connectivity index (χ2v) is 6.30. The third-order valence-corrected chi connectivity index (χ3v) is 4.39. The molecule has 122 valence electrons. The van der Waals surface area contributed by atoms with Gasteiger partial charge in [0.25, 0.3) is 0 Å². The molecule has 1 fully saturated rings. The third-order valence-electron chi connectivity index (χ3n) is 3.66. The summed E-state index contributed by atoms with van der Waals surface area (Å²) in [4.78, 5) is 12.0. The largest absolute Gasteiger partial charge is 0.488 e. The van der Waals surface area contributed by atoms with Crippen LogP contribution in [0.3, 0.4) is 0 Å². The highest BCUT2D eigenvalue weighted by Gasteiger charge is 2.18. The highest BCUT2D eigenvalue weighted by molar-refractivity contribution is 7.07. The maximum Gasteiger partial charge on any atom is 0.319 e. The van der Waals surface area contributed by atoms with E-state index in [1.54, 1.807) is 11.3 Å². The Morgan fingerprint density at radius 3 is 3.09 bits per heavy atom. The number of nitrogens with one attached hydrogen (secondary N) is 2. The highest BCUT2D eigenvalue weighted by atomic mass is 32.1. The van der Waals surface area contributed by atoms with Crippen molar-refractivity contribution in [2.24, 2.45) is 0 Å². The van der Waals surface area contributed by atoms with Crippen molar-refractivity contribution in [3.63, 3.8) is 0 Å². The van der Waals surface area contributed by atoms with Gasteiger partial charge in [-0.3, -0.25) is 0 Å². The monoisotopic (exact) mass is 332 g/mol. The number of amides is 2. The summed E-state index contributed by atoms with van der Waals surface area (Å²) >= 11 is 1.62. The summed E-state index contributed by atoms with van der Waals surface area (Å²) in [6.07, 6.45) is 0.995. The van der Waals surface area contributed by atoms with E-state index in [1.165, 1.54) is 0 Å². The molecule has 5 nitrogen and oxygen atoms in total. The maximum absolute atomic E-state index is 12.0. The molecule has 1 aromatic heterocycles. The van der Waals surface area contributed by atoms with Crippen LogP contribution in [0.4, 0.5) is 10.5 Å². The van der Waals surface area contributed by atoms with Gasteiger partial charge in [-0.2, -0.15) is 11.3 Å². The molecule has 0 spiro atoms. The highest BCUT2D eigenvalue weighted by Crippen LogP contribution is 2.25. The molecular weight excluding hydrogens is 312 g/mol. The van der Waals surface area contributed by atoms with Crippen LogP contribution in [0.1, 0.15) is 17.5 Å². The van der Waals surface area contributed by atoms with E-state index < -0.39 is 0 Å². The van der Waals surface area contributed by atoms with Crippen LogP contribution < -0.4 is 15.4 Å². The lowest BCUT2D eigenvalue weighted by Crippen LogP contribution is -2.28. The van der Waals surface area contributed by atoms with Crippen molar-refractivity contribution in [2.45, 2.75) is 26.0 Å². The number of benzene rings is 1. The Balaban J connectivity index is 1.57. The number of carbonyl (C=O) groups is 1. The standard InChI is InChI=1S/C17H20N2O3S/c1-12-2-3-14(8-16(12)22-15-4-6-21-10-15)19-17(20)18-9-13-5-7-23-11-13/h2-3,5,7-8,11,15H,4,6,9-10H2,1H3,(H2,18,19,20)/t15-/m0/s1. The second kappa shape index (κ2) is 7.48. The Morgan fingerprint density at radius 2 is 2.35 bits per heavy atom. The molecule has 2 N–H and O–H groups in total. The van der Waals surface area contributed by atoms with Gasteiger partial charge < -0.3 is 20.1 Å². The number of ether oxygens (including phenoxy) is 2. The van der Waals surface area contributed by atoms with Crippen molar-refractivity contribution in [2.75, 3.05) is 18.5 Å². The summed E-state index contributed by atoms with van der Waals surface area (Å²) in [6, 6.07) is 7.44. The van der Waals surface area contributed by atoms with Crippen molar-refractivity contribution < 1.29 is 14.3 Å². The zero-order valence-electron chi connectivity index (χ0n) is 13.0. The van der Waals surface area contributed by atoms with Crippen LogP contribution >= 0.6 is 11.3 Å². The first-order valence-electron chi connectivity index (χ1n) is 7.62. The number of aryl methyl sites for hydroxylation is 1. The number of rotatable bonds is 5. The predicted molar refractivity (Wildman–Crippen MR) is 91.2 cm³/mol. The van der Waals surface area contributed by atoms with Crippen molar-refractivity contribution >= 4 is 23.1 Å². The van der Waals surface area contributed by atoms with Crippen molar-refractivity contribution in [1.29, 1.82) is 0 Å². The van der Waals surface area contributed by atoms with E-state index >= 15 is 0 Å². The lowest BCUT2D eigenvalue weighted by atomic mass is 10.2. The first-order valence-corrected chi connectivity index (χ1v) is 8.56. The number of urea groups is 1. The molecule has 2 heterocycles. The van der Waals surface area contributed by atoms with Crippen molar-refractivity contribution in [3.8, 4) is 5.75 Å². The van der Waals surface area contributed by atoms with Gasteiger partial charge in [-0.25, -0.2) is 4.79 Å². The molecular formula is C17H20N2O3S. The smallest absolute Gasteiger partial charge is 0.319 e. The molecule has 1 aliphatic rings. The van der Waals surface area contributed by atoms with E-state index in [9.17, 15) is 4.79 Å². The molecule has 2 aromatic rings. The van der Waals surface area contributed by atoms with E-state index in [-0.39, 0.29) is 12.1 Å². The van der Waals surface area contributed by atoms with Gasteiger partial charge in [-0.05, 0) is 40.9 Å². The molecule has 1 saturated heterocycles. The van der Waals surface area contributed by atoms with Gasteiger partial charge in [0.2, 0.25) is 0 Å². The molecule has 23 heavy (non-hydrogen) atoms. The SMILES string of the molecule is Cc1ccc(NC(=O)NCc2ccsc2)cc1O[C@H]1CCOC1. The second-order valence-electron chi connectivity index (χ2n) is 5.52. The molecule has 0 unspecified atom stereocenters. The van der Waals surface area contributed by atoms with Gasteiger partial charge in [-0.1, -0.05) is 6.07 Å². The quantitative estimate of drug-likeness (QED) is 0.880. The Bertz CT molecular complexity index is 652. The summed E-state index contributed by atoms with van der Waals surface area (Å²) < 4.78 is 11.3. The van der Waals surface area contributed by atoms with Crippen LogP contribution in [-0.4, -0.2) is 25.3 Å². The zero-order chi connectivity index (χ0) is 16.1. The fraction of sp³-hybridized carbons (Fsp3) is 0.353. The molecule has 6 heteroatoms. The Kier molecular flexibility index (Phi) is 5.15. The minimum atomic E-state index is -0.227. The van der Waals surface area contributed by atoms with Gasteiger partial charge in [0.05, 0.1) is 13.2 Å². The topological polar surface area (TPSA) is 59.6 Å². The predicted octanol–water partition coefficient (Wildman–Crippen LogP) is 3.55. The summed E-state index contributed by atoms with van der Waals surface area (Å²) in [6.45, 7) is 3.88. The molecule has 0 saturated carbocycles. The van der Waals surface area contributed by atoms with E-state index in [2.05, 4.69) is 10.6 Å². The van der Waals surface area contributed by atoms with Crippen LogP contribution in [0.25, 0.3) is 0 Å². The number of anilines is 1. The normalized spacial score (nSPS) is 17.0. The van der Waals surface area contributed by atoms with Crippen LogP contribution in [0.2, 0.25) is 0 Å². The summed E-state index contributed by atoms with van der Waals surface area (Å²) in [5, 5.41) is 9.68. The molecule has 3 rings (SSSR count). The lowest BCUT2D eigenvalue weighted by Gasteiger charge is -2.15. The molecule has 0 aliphatic carbocycles. The number of thiophene rings is 1. The fourth-order valence-electron chi connectivity index (χ4n) is 2.34. The minimum absolute atomic E-state index is 0.0939. The first-order chi connectivity index (χ1) is 11.2. The van der Waals surface area contributed by atoms with Crippen LogP contribution in [0.15, 0.2) is 35.0 Å². The van der Waals surface area contributed by atoms with Gasteiger partial charge in [0.15, 0.2) is 0 Å². The van der Waals surface area contributed by atoms with Crippen LogP contribution in [0, 0.1) is 6.92 Å². The minimum Gasteiger partial charge on any atom is -0.488 e. The fourth-order valence-corrected chi connectivity index (χ4v) is 3.01. The Hall–Kier alpha value is -2.05. The van der Waals surface area contributed by atoms with E-state index in [4.69, 9.17) is 9.47 Å². The summed E-state index contributed by atoms with van der Waals surface area (Å²) in [5.74, 6) is 0.788. The van der Waals surface area contributed by atoms with E-state index in [0.29, 0.717) is 18.8 Å². The molecule has 0 radical (unpaired) electrons. The summed E-state index contributed by atoms with van der Waals surface area (Å²) in [5.41, 5.74) is 2.85. The van der Waals surface area contributed by atoms with Gasteiger partial charge >= 0.3 is 6.03 Å². The van der Waals surface area contributed by atoms with Crippen molar-refractivity contribution in [3.05, 3.63) is 46.2 Å². The average molecular weight is 332 g/mol. The zero-order valence-corrected chi connectivity index (χ0v) is 13.8. The van der Waals surface area contributed by atoms with Crippen molar-refractivity contribution in [1.82, 2.24) is 5.32 Å². The first kappa shape index (κ1) is 15.8. The van der Waals surface area contributed by atoms with Crippen LogP contribution in [0.5, 0.6) is 5.75 Å². The molecule has 1 atom stereocenters. The lowest BCUT2D eigenvalue weighted by molar-refractivity contribution is 0.141. The van der Waals surface area contributed by atoms with Gasteiger partial charge in [0, 0.05) is 24.7 Å². The Labute approximate surface area is 139 Å². The molecule has 2 amide bonds.